The zero-order chi connectivity index (χ0) is 51.7. The number of carbonyl (C=O) groups is 2. The highest BCUT2D eigenvalue weighted by Gasteiger charge is 2.44. The monoisotopic (exact) mass is 1000 g/mol. The standard InChI is InChI=1S/C60H105NO10/c1-3-5-7-9-11-13-15-16-25-28-32-36-40-44-48-56(65)69-49-45-41-37-33-29-26-23-21-19-17-18-20-22-24-27-31-35-39-43-47-55(64)61-52(51-70-60-59(68)58(67)57(66)54(50-62)71-60)53(63)46-42-38-34-30-14-12-10-8-6-4-2/h9,11,14-16,21,23,26,29-30,42,46,52-54,57-60,62-63,66-68H,3-8,10,12-13,17-20,22,24-25,27-28,31-41,43-45,47-51H2,1-2H3,(H,61,64)/b11-9-,16-15-,23-21-,29-26-,30-14+,46-42+. The van der Waals surface area contributed by atoms with Gasteiger partial charge in [-0.15, -0.1) is 0 Å². The fourth-order valence-electron chi connectivity index (χ4n) is 8.40. The summed E-state index contributed by atoms with van der Waals surface area (Å²) in [5.41, 5.74) is 0. The number of amides is 1. The predicted octanol–water partition coefficient (Wildman–Crippen LogP) is 12.8. The third-order valence-electron chi connectivity index (χ3n) is 13.0. The van der Waals surface area contributed by atoms with Crippen LogP contribution in [0, 0.1) is 0 Å². The Kier molecular flexibility index (Phi) is 45.9. The van der Waals surface area contributed by atoms with E-state index >= 15 is 0 Å². The summed E-state index contributed by atoms with van der Waals surface area (Å²) >= 11 is 0. The lowest BCUT2D eigenvalue weighted by atomic mass is 9.99. The molecule has 0 aromatic heterocycles. The molecule has 1 aliphatic rings. The average Bonchev–Trinajstić information content (AvgIpc) is 3.37. The number of ether oxygens (including phenoxy) is 3. The number of aliphatic hydroxyl groups excluding tert-OH is 5. The van der Waals surface area contributed by atoms with Crippen LogP contribution in [-0.4, -0.2) is 100 Å². The molecule has 0 saturated carbocycles. The van der Waals surface area contributed by atoms with Crippen LogP contribution in [0.15, 0.2) is 72.9 Å². The molecule has 1 heterocycles. The summed E-state index contributed by atoms with van der Waals surface area (Å²) in [5.74, 6) is -0.251. The van der Waals surface area contributed by atoms with Crippen LogP contribution >= 0.6 is 0 Å². The minimum absolute atomic E-state index is 0.0448. The second-order valence-corrected chi connectivity index (χ2v) is 19.6. The van der Waals surface area contributed by atoms with Gasteiger partial charge in [-0.2, -0.15) is 0 Å². The molecule has 0 bridgehead atoms. The molecule has 1 fully saturated rings. The SMILES string of the molecule is CCCC/C=C\C/C=C\CCCCCCCC(=O)OCCCCC/C=C\C=C/CCCCCCCCCCCCC(=O)NC(COC1OC(CO)C(O)C(O)C1O)C(O)/C=C/CC/C=C/CCCCCC. The highest BCUT2D eigenvalue weighted by atomic mass is 16.7. The van der Waals surface area contributed by atoms with Crippen LogP contribution in [0.3, 0.4) is 0 Å². The van der Waals surface area contributed by atoms with Crippen molar-refractivity contribution in [3.05, 3.63) is 72.9 Å². The van der Waals surface area contributed by atoms with E-state index in [4.69, 9.17) is 14.2 Å². The Morgan fingerprint density at radius 1 is 0.535 bits per heavy atom. The van der Waals surface area contributed by atoms with Gasteiger partial charge in [0.15, 0.2) is 6.29 Å². The van der Waals surface area contributed by atoms with E-state index < -0.39 is 49.5 Å². The van der Waals surface area contributed by atoms with Crippen molar-refractivity contribution in [3.63, 3.8) is 0 Å². The normalized spacial score (nSPS) is 19.7. The molecule has 7 unspecified atom stereocenters. The van der Waals surface area contributed by atoms with Crippen molar-refractivity contribution in [1.29, 1.82) is 0 Å². The van der Waals surface area contributed by atoms with Gasteiger partial charge < -0.3 is 45.1 Å². The minimum atomic E-state index is -1.58. The van der Waals surface area contributed by atoms with Crippen LogP contribution in [0.2, 0.25) is 0 Å². The Hall–Kier alpha value is -2.90. The van der Waals surface area contributed by atoms with Crippen LogP contribution in [0.1, 0.15) is 232 Å². The molecule has 0 radical (unpaired) electrons. The van der Waals surface area contributed by atoms with Crippen molar-refractivity contribution in [2.45, 2.75) is 275 Å². The topological polar surface area (TPSA) is 175 Å². The van der Waals surface area contributed by atoms with Crippen molar-refractivity contribution in [1.82, 2.24) is 5.32 Å². The zero-order valence-corrected chi connectivity index (χ0v) is 44.9. The molecule has 0 aromatic carbocycles. The van der Waals surface area contributed by atoms with Gasteiger partial charge in [0.25, 0.3) is 0 Å². The Bertz CT molecular complexity index is 1410. The number of unbranched alkanes of at least 4 members (excludes halogenated alkanes) is 25. The summed E-state index contributed by atoms with van der Waals surface area (Å²) in [6.07, 6.45) is 54.3. The number of hydrogen-bond donors (Lipinski definition) is 6. The first-order valence-corrected chi connectivity index (χ1v) is 28.7. The molecule has 1 aliphatic heterocycles. The maximum atomic E-state index is 13.0. The predicted molar refractivity (Wildman–Crippen MR) is 292 cm³/mol. The van der Waals surface area contributed by atoms with Crippen LogP contribution in [-0.2, 0) is 23.8 Å². The Labute approximate surface area is 432 Å². The Balaban J connectivity index is 2.10. The van der Waals surface area contributed by atoms with Crippen molar-refractivity contribution in [2.75, 3.05) is 19.8 Å². The van der Waals surface area contributed by atoms with E-state index in [-0.39, 0.29) is 18.5 Å². The summed E-state index contributed by atoms with van der Waals surface area (Å²) in [5, 5.41) is 54.2. The van der Waals surface area contributed by atoms with Crippen LogP contribution in [0.25, 0.3) is 0 Å². The fraction of sp³-hybridized carbons (Fsp3) is 0.767. The van der Waals surface area contributed by atoms with Crippen molar-refractivity contribution in [3.8, 4) is 0 Å². The smallest absolute Gasteiger partial charge is 0.305 e. The molecule has 7 atom stereocenters. The number of allylic oxidation sites excluding steroid dienone is 11. The van der Waals surface area contributed by atoms with Crippen LogP contribution in [0.4, 0.5) is 0 Å². The van der Waals surface area contributed by atoms with Crippen LogP contribution < -0.4 is 5.32 Å². The zero-order valence-electron chi connectivity index (χ0n) is 44.9. The number of carbonyl (C=O) groups excluding carboxylic acids is 2. The number of aliphatic hydroxyl groups is 5. The van der Waals surface area contributed by atoms with E-state index in [9.17, 15) is 35.1 Å². The van der Waals surface area contributed by atoms with E-state index in [0.717, 1.165) is 103 Å². The molecular formula is C60H105NO10. The molecule has 1 amide bonds. The molecule has 11 heteroatoms. The average molecular weight is 1000 g/mol. The van der Waals surface area contributed by atoms with Gasteiger partial charge in [-0.3, -0.25) is 9.59 Å². The summed E-state index contributed by atoms with van der Waals surface area (Å²) in [6, 6.07) is -0.836. The van der Waals surface area contributed by atoms with Gasteiger partial charge in [0.1, 0.15) is 24.4 Å². The molecule has 0 aliphatic carbocycles. The molecule has 11 nitrogen and oxygen atoms in total. The third kappa shape index (κ3) is 39.3. The Morgan fingerprint density at radius 3 is 1.61 bits per heavy atom. The maximum absolute atomic E-state index is 13.0. The van der Waals surface area contributed by atoms with Gasteiger partial charge >= 0.3 is 5.97 Å². The number of hydrogen-bond acceptors (Lipinski definition) is 10. The van der Waals surface area contributed by atoms with Gasteiger partial charge in [0, 0.05) is 12.8 Å². The lowest BCUT2D eigenvalue weighted by molar-refractivity contribution is -0.302. The van der Waals surface area contributed by atoms with Gasteiger partial charge in [-0.05, 0) is 103 Å². The Morgan fingerprint density at radius 2 is 1.01 bits per heavy atom. The fourth-order valence-corrected chi connectivity index (χ4v) is 8.40. The summed E-state index contributed by atoms with van der Waals surface area (Å²) in [7, 11) is 0. The quantitative estimate of drug-likeness (QED) is 0.0149. The van der Waals surface area contributed by atoms with Crippen molar-refractivity contribution >= 4 is 11.9 Å². The third-order valence-corrected chi connectivity index (χ3v) is 13.0. The van der Waals surface area contributed by atoms with Gasteiger partial charge in [0.05, 0.1) is 32.0 Å². The molecule has 0 aromatic rings. The number of esters is 1. The number of nitrogens with one attached hydrogen (secondary N) is 1. The highest BCUT2D eigenvalue weighted by molar-refractivity contribution is 5.76. The number of rotatable bonds is 48. The maximum Gasteiger partial charge on any atom is 0.305 e. The molecule has 1 saturated heterocycles. The highest BCUT2D eigenvalue weighted by Crippen LogP contribution is 2.23. The van der Waals surface area contributed by atoms with E-state index in [1.54, 1.807) is 6.08 Å². The molecule has 1 rings (SSSR count). The molecule has 0 spiro atoms. The van der Waals surface area contributed by atoms with Crippen molar-refractivity contribution < 1.29 is 49.3 Å². The first-order chi connectivity index (χ1) is 34.7. The molecule has 71 heavy (non-hydrogen) atoms. The first-order valence-electron chi connectivity index (χ1n) is 28.7. The van der Waals surface area contributed by atoms with Crippen LogP contribution in [0.5, 0.6) is 0 Å². The van der Waals surface area contributed by atoms with E-state index in [2.05, 4.69) is 79.9 Å². The second-order valence-electron chi connectivity index (χ2n) is 19.6. The summed E-state index contributed by atoms with van der Waals surface area (Å²) < 4.78 is 16.6. The largest absolute Gasteiger partial charge is 0.466 e. The minimum Gasteiger partial charge on any atom is -0.466 e. The van der Waals surface area contributed by atoms with E-state index in [1.165, 1.54) is 103 Å². The summed E-state index contributed by atoms with van der Waals surface area (Å²) in [6.45, 7) is 4.18. The first kappa shape index (κ1) is 66.1. The van der Waals surface area contributed by atoms with E-state index in [0.29, 0.717) is 19.4 Å². The van der Waals surface area contributed by atoms with Gasteiger partial charge in [0.2, 0.25) is 5.91 Å². The van der Waals surface area contributed by atoms with Gasteiger partial charge in [-0.1, -0.05) is 189 Å². The van der Waals surface area contributed by atoms with Crippen molar-refractivity contribution in [2.24, 2.45) is 0 Å². The molecule has 6 N–H and O–H groups in total. The second kappa shape index (κ2) is 49.3. The molecule has 410 valence electrons. The lowest BCUT2D eigenvalue weighted by Gasteiger charge is -2.40. The van der Waals surface area contributed by atoms with E-state index in [1.807, 2.05) is 6.08 Å². The molecular weight excluding hydrogens is 895 g/mol. The summed E-state index contributed by atoms with van der Waals surface area (Å²) in [4.78, 5) is 25.0. The lowest BCUT2D eigenvalue weighted by Crippen LogP contribution is -2.60. The van der Waals surface area contributed by atoms with Gasteiger partial charge in [-0.25, -0.2) is 0 Å².